The van der Waals surface area contributed by atoms with Crippen molar-refractivity contribution in [1.29, 1.82) is 0 Å². The maximum Gasteiger partial charge on any atom is 0.250 e. The summed E-state index contributed by atoms with van der Waals surface area (Å²) in [5.41, 5.74) is 11.8. The Hall–Kier alpha value is -2.81. The van der Waals surface area contributed by atoms with E-state index in [1.807, 2.05) is 19.1 Å². The molecule has 0 aliphatic rings. The number of nitrogens with two attached hydrogens (primary N) is 1. The van der Waals surface area contributed by atoms with E-state index in [0.717, 1.165) is 23.4 Å². The largest absolute Gasteiger partial charge is 0.366 e. The molecule has 1 heterocycles. The van der Waals surface area contributed by atoms with Crippen molar-refractivity contribution < 1.29 is 4.79 Å². The molecule has 1 atom stereocenters. The van der Waals surface area contributed by atoms with Gasteiger partial charge in [-0.2, -0.15) is 0 Å². The molecular formula is C26H32N2O. The first kappa shape index (κ1) is 20.9. The van der Waals surface area contributed by atoms with Crippen molar-refractivity contribution in [3.8, 4) is 22.4 Å². The molecule has 2 aromatic carbocycles. The zero-order valence-electron chi connectivity index (χ0n) is 17.8. The summed E-state index contributed by atoms with van der Waals surface area (Å²) in [4.78, 5) is 12.0. The second kappa shape index (κ2) is 9.60. The maximum atomic E-state index is 12.0. The van der Waals surface area contributed by atoms with Crippen LogP contribution in [0, 0.1) is 6.92 Å². The Morgan fingerprint density at radius 1 is 0.931 bits per heavy atom. The van der Waals surface area contributed by atoms with Crippen LogP contribution in [0.2, 0.25) is 0 Å². The summed E-state index contributed by atoms with van der Waals surface area (Å²) in [5.74, 6) is -0.360. The van der Waals surface area contributed by atoms with Gasteiger partial charge in [-0.3, -0.25) is 4.79 Å². The minimum absolute atomic E-state index is 0.323. The monoisotopic (exact) mass is 388 g/mol. The molecule has 0 radical (unpaired) electrons. The molecule has 0 aliphatic heterocycles. The van der Waals surface area contributed by atoms with E-state index < -0.39 is 0 Å². The third kappa shape index (κ3) is 4.79. The van der Waals surface area contributed by atoms with Crippen molar-refractivity contribution in [2.45, 2.75) is 58.9 Å². The van der Waals surface area contributed by atoms with E-state index in [4.69, 9.17) is 5.73 Å². The molecule has 29 heavy (non-hydrogen) atoms. The van der Waals surface area contributed by atoms with E-state index in [1.165, 1.54) is 36.8 Å². The lowest BCUT2D eigenvalue weighted by Gasteiger charge is -2.20. The predicted octanol–water partition coefficient (Wildman–Crippen LogP) is 6.76. The predicted molar refractivity (Wildman–Crippen MR) is 122 cm³/mol. The average molecular weight is 389 g/mol. The normalized spacial score (nSPS) is 12.1. The molecule has 3 aromatic rings. The third-order valence-corrected chi connectivity index (χ3v) is 5.76. The fraction of sp³-hybridized carbons (Fsp3) is 0.346. The number of hydrogen-bond acceptors (Lipinski definition) is 1. The fourth-order valence-electron chi connectivity index (χ4n) is 4.12. The average Bonchev–Trinajstić information content (AvgIpc) is 3.09. The molecule has 0 saturated heterocycles. The van der Waals surface area contributed by atoms with Gasteiger partial charge in [-0.15, -0.1) is 0 Å². The number of amides is 1. The molecule has 1 aromatic heterocycles. The number of carbonyl (C=O) groups excluding carboxylic acids is 1. The molecule has 3 nitrogen and oxygen atoms in total. The molecule has 0 saturated carbocycles. The first-order chi connectivity index (χ1) is 14.0. The molecule has 3 heteroatoms. The van der Waals surface area contributed by atoms with Crippen LogP contribution in [0.15, 0.2) is 60.7 Å². The molecular weight excluding hydrogens is 356 g/mol. The Morgan fingerprint density at radius 3 is 2.17 bits per heavy atom. The molecule has 2 N–H and O–H groups in total. The van der Waals surface area contributed by atoms with Gasteiger partial charge in [0.05, 0.1) is 5.56 Å². The second-order valence-electron chi connectivity index (χ2n) is 7.90. The zero-order valence-corrected chi connectivity index (χ0v) is 17.8. The molecule has 0 bridgehead atoms. The van der Waals surface area contributed by atoms with Gasteiger partial charge in [-0.05, 0) is 43.0 Å². The summed E-state index contributed by atoms with van der Waals surface area (Å²) >= 11 is 0. The van der Waals surface area contributed by atoms with Crippen LogP contribution in [-0.4, -0.2) is 10.5 Å². The van der Waals surface area contributed by atoms with Crippen molar-refractivity contribution in [2.24, 2.45) is 5.73 Å². The summed E-state index contributed by atoms with van der Waals surface area (Å²) in [6, 6.07) is 21.2. The quantitative estimate of drug-likeness (QED) is 0.404. The van der Waals surface area contributed by atoms with E-state index in [1.54, 1.807) is 0 Å². The molecule has 3 rings (SSSR count). The van der Waals surface area contributed by atoms with Gasteiger partial charge in [0.1, 0.15) is 0 Å². The van der Waals surface area contributed by atoms with Crippen molar-refractivity contribution in [3.05, 3.63) is 71.9 Å². The number of benzene rings is 2. The maximum absolute atomic E-state index is 12.0. The molecule has 152 valence electrons. The number of hydrogen-bond donors (Lipinski definition) is 1. The number of carbonyl (C=O) groups is 1. The number of unbranched alkanes of at least 4 members (excludes halogenated alkanes) is 3. The van der Waals surface area contributed by atoms with Crippen LogP contribution >= 0.6 is 0 Å². The number of aromatic nitrogens is 1. The van der Waals surface area contributed by atoms with Crippen molar-refractivity contribution >= 4 is 5.91 Å². The Labute approximate surface area is 174 Å². The van der Waals surface area contributed by atoms with Gasteiger partial charge in [0.25, 0.3) is 5.91 Å². The Kier molecular flexibility index (Phi) is 6.92. The van der Waals surface area contributed by atoms with E-state index in [2.05, 4.69) is 66.9 Å². The van der Waals surface area contributed by atoms with Gasteiger partial charge >= 0.3 is 0 Å². The summed E-state index contributed by atoms with van der Waals surface area (Å²) in [6.45, 7) is 6.48. The van der Waals surface area contributed by atoms with Crippen molar-refractivity contribution in [2.75, 3.05) is 0 Å². The topological polar surface area (TPSA) is 48.0 Å². The molecule has 0 fully saturated rings. The van der Waals surface area contributed by atoms with Crippen molar-refractivity contribution in [1.82, 2.24) is 4.57 Å². The summed E-state index contributed by atoms with van der Waals surface area (Å²) in [7, 11) is 0. The van der Waals surface area contributed by atoms with Gasteiger partial charge in [0.2, 0.25) is 0 Å². The van der Waals surface area contributed by atoms with Crippen LogP contribution in [0.4, 0.5) is 0 Å². The molecule has 1 amide bonds. The minimum Gasteiger partial charge on any atom is -0.366 e. The van der Waals surface area contributed by atoms with Crippen LogP contribution < -0.4 is 5.73 Å². The van der Waals surface area contributed by atoms with Gasteiger partial charge < -0.3 is 10.3 Å². The summed E-state index contributed by atoms with van der Waals surface area (Å²) in [5, 5.41) is 0. The van der Waals surface area contributed by atoms with Gasteiger partial charge in [-0.25, -0.2) is 0 Å². The van der Waals surface area contributed by atoms with Gasteiger partial charge in [-0.1, -0.05) is 87.2 Å². The summed E-state index contributed by atoms with van der Waals surface area (Å²) < 4.78 is 2.30. The standard InChI is InChI=1S/C26H32N2O/c1-4-5-6-8-11-19(2)28-20(3)24(26(27)29)18-25(28)23-16-14-22(15-17-23)21-12-9-7-10-13-21/h7,9-10,12-19H,4-6,8,11H2,1-3H3,(H2,27,29). The highest BCUT2D eigenvalue weighted by atomic mass is 16.1. The lowest BCUT2D eigenvalue weighted by molar-refractivity contribution is 0.0999. The van der Waals surface area contributed by atoms with Gasteiger partial charge in [0.15, 0.2) is 0 Å². The number of primary amides is 1. The third-order valence-electron chi connectivity index (χ3n) is 5.76. The van der Waals surface area contributed by atoms with Crippen LogP contribution in [0.3, 0.4) is 0 Å². The number of rotatable bonds is 9. The minimum atomic E-state index is -0.360. The fourth-order valence-corrected chi connectivity index (χ4v) is 4.12. The van der Waals surface area contributed by atoms with E-state index >= 15 is 0 Å². The highest BCUT2D eigenvalue weighted by Crippen LogP contribution is 2.32. The highest BCUT2D eigenvalue weighted by molar-refractivity contribution is 5.95. The molecule has 0 aliphatic carbocycles. The van der Waals surface area contributed by atoms with Gasteiger partial charge in [0, 0.05) is 17.4 Å². The molecule has 1 unspecified atom stereocenters. The highest BCUT2D eigenvalue weighted by Gasteiger charge is 2.20. The van der Waals surface area contributed by atoms with E-state index in [9.17, 15) is 4.79 Å². The first-order valence-corrected chi connectivity index (χ1v) is 10.7. The molecule has 0 spiro atoms. The van der Waals surface area contributed by atoms with E-state index in [0.29, 0.717) is 11.6 Å². The van der Waals surface area contributed by atoms with Crippen LogP contribution in [-0.2, 0) is 0 Å². The number of nitrogens with zero attached hydrogens (tertiary/aromatic N) is 1. The van der Waals surface area contributed by atoms with Crippen LogP contribution in [0.5, 0.6) is 0 Å². The lowest BCUT2D eigenvalue weighted by atomic mass is 10.0. The Morgan fingerprint density at radius 2 is 1.55 bits per heavy atom. The zero-order chi connectivity index (χ0) is 20.8. The lowest BCUT2D eigenvalue weighted by Crippen LogP contribution is -2.14. The van der Waals surface area contributed by atoms with Crippen molar-refractivity contribution in [3.63, 3.8) is 0 Å². The van der Waals surface area contributed by atoms with Crippen LogP contribution in [0.1, 0.15) is 68.0 Å². The smallest absolute Gasteiger partial charge is 0.250 e. The summed E-state index contributed by atoms with van der Waals surface area (Å²) in [6.07, 6.45) is 6.07. The Bertz CT molecular complexity index is 939. The van der Waals surface area contributed by atoms with E-state index in [-0.39, 0.29) is 5.91 Å². The second-order valence-corrected chi connectivity index (χ2v) is 7.90. The Balaban J connectivity index is 1.93. The van der Waals surface area contributed by atoms with Crippen LogP contribution in [0.25, 0.3) is 22.4 Å². The first-order valence-electron chi connectivity index (χ1n) is 10.7. The SMILES string of the molecule is CCCCCCC(C)n1c(-c2ccc(-c3ccccc3)cc2)cc(C(N)=O)c1C.